The van der Waals surface area contributed by atoms with Crippen LogP contribution in [0.25, 0.3) is 0 Å². The van der Waals surface area contributed by atoms with Crippen molar-refractivity contribution < 1.29 is 19.6 Å². The maximum absolute atomic E-state index is 5.67. The smallest absolute Gasteiger partial charge is 0.195 e. The molecule has 0 aromatic carbocycles. The van der Waals surface area contributed by atoms with Crippen LogP contribution in [0.4, 0.5) is 0 Å². The summed E-state index contributed by atoms with van der Waals surface area (Å²) in [5.74, 6) is -0.0942. The van der Waals surface area contributed by atoms with Crippen LogP contribution in [0, 0.1) is 11.8 Å². The molecule has 2 spiro atoms. The fourth-order valence-electron chi connectivity index (χ4n) is 3.54. The van der Waals surface area contributed by atoms with Gasteiger partial charge in [-0.3, -0.25) is 0 Å². The van der Waals surface area contributed by atoms with Crippen LogP contribution in [0.3, 0.4) is 0 Å². The highest BCUT2D eigenvalue weighted by Gasteiger charge is 2.51. The van der Waals surface area contributed by atoms with E-state index in [4.69, 9.17) is 19.6 Å². The highest BCUT2D eigenvalue weighted by molar-refractivity contribution is 4.82. The van der Waals surface area contributed by atoms with E-state index in [2.05, 4.69) is 13.8 Å². The van der Waals surface area contributed by atoms with Gasteiger partial charge in [-0.2, -0.15) is 19.6 Å². The predicted molar refractivity (Wildman–Crippen MR) is 65.1 cm³/mol. The molecule has 0 aromatic heterocycles. The van der Waals surface area contributed by atoms with Gasteiger partial charge >= 0.3 is 0 Å². The van der Waals surface area contributed by atoms with Crippen molar-refractivity contribution in [2.24, 2.45) is 11.8 Å². The van der Waals surface area contributed by atoms with Crippen LogP contribution in [0.15, 0.2) is 0 Å². The molecule has 2 atom stereocenters. The largest absolute Gasteiger partial charge is 0.234 e. The van der Waals surface area contributed by atoms with Crippen molar-refractivity contribution >= 4 is 0 Å². The van der Waals surface area contributed by atoms with Crippen LogP contribution in [-0.4, -0.2) is 11.6 Å². The minimum Gasteiger partial charge on any atom is -0.195 e. The van der Waals surface area contributed by atoms with Gasteiger partial charge in [0.1, 0.15) is 0 Å². The molecule has 0 aromatic rings. The summed E-state index contributed by atoms with van der Waals surface area (Å²) in [4.78, 5) is 22.7. The summed E-state index contributed by atoms with van der Waals surface area (Å²) in [7, 11) is 0. The lowest BCUT2D eigenvalue weighted by Crippen LogP contribution is -2.53. The molecule has 3 rings (SSSR count). The van der Waals surface area contributed by atoms with E-state index in [-0.39, 0.29) is 0 Å². The van der Waals surface area contributed by atoms with Gasteiger partial charge in [0.15, 0.2) is 0 Å². The standard InChI is InChI=1S/C14H24O4/c1-11-5-3-7-13(9-11)15-17-14(18-16-13)8-4-6-12(2)10-14/h11-12H,3-10H2,1-2H3. The first kappa shape index (κ1) is 12.9. The molecule has 2 aliphatic carbocycles. The van der Waals surface area contributed by atoms with Crippen molar-refractivity contribution in [2.45, 2.75) is 76.8 Å². The van der Waals surface area contributed by atoms with Crippen LogP contribution >= 0.6 is 0 Å². The molecule has 3 aliphatic rings. The van der Waals surface area contributed by atoms with Crippen LogP contribution < -0.4 is 0 Å². The fourth-order valence-corrected chi connectivity index (χ4v) is 3.54. The third-order valence-corrected chi connectivity index (χ3v) is 4.52. The molecular formula is C14H24O4. The van der Waals surface area contributed by atoms with Crippen LogP contribution in [0.2, 0.25) is 0 Å². The molecule has 18 heavy (non-hydrogen) atoms. The number of hydrogen-bond donors (Lipinski definition) is 0. The lowest BCUT2D eigenvalue weighted by molar-refractivity contribution is -0.664. The highest BCUT2D eigenvalue weighted by Crippen LogP contribution is 2.46. The maximum Gasteiger partial charge on any atom is 0.234 e. The molecule has 1 aliphatic heterocycles. The topological polar surface area (TPSA) is 36.9 Å². The van der Waals surface area contributed by atoms with Crippen molar-refractivity contribution in [1.29, 1.82) is 0 Å². The van der Waals surface area contributed by atoms with Gasteiger partial charge in [0, 0.05) is 25.7 Å². The second kappa shape index (κ2) is 4.75. The summed E-state index contributed by atoms with van der Waals surface area (Å²) >= 11 is 0. The van der Waals surface area contributed by atoms with Gasteiger partial charge in [0.2, 0.25) is 11.6 Å². The first-order valence-electron chi connectivity index (χ1n) is 7.35. The molecule has 4 nitrogen and oxygen atoms in total. The molecule has 1 heterocycles. The zero-order valence-corrected chi connectivity index (χ0v) is 11.4. The Morgan fingerprint density at radius 1 is 0.722 bits per heavy atom. The molecule has 0 radical (unpaired) electrons. The molecule has 104 valence electrons. The average Bonchev–Trinajstić information content (AvgIpc) is 2.34. The molecule has 3 fully saturated rings. The van der Waals surface area contributed by atoms with Crippen molar-refractivity contribution in [3.05, 3.63) is 0 Å². The Kier molecular flexibility index (Phi) is 3.39. The zero-order valence-electron chi connectivity index (χ0n) is 11.4. The summed E-state index contributed by atoms with van der Waals surface area (Å²) in [5.41, 5.74) is 0. The average molecular weight is 256 g/mol. The Hall–Kier alpha value is -0.160. The molecule has 4 heteroatoms. The van der Waals surface area contributed by atoms with Crippen molar-refractivity contribution in [3.63, 3.8) is 0 Å². The van der Waals surface area contributed by atoms with Gasteiger partial charge in [-0.25, -0.2) is 0 Å². The molecule has 0 amide bonds. The molecular weight excluding hydrogens is 232 g/mol. The van der Waals surface area contributed by atoms with Gasteiger partial charge < -0.3 is 0 Å². The van der Waals surface area contributed by atoms with Gasteiger partial charge in [-0.05, 0) is 24.7 Å². The van der Waals surface area contributed by atoms with Crippen LogP contribution in [-0.2, 0) is 19.6 Å². The summed E-state index contributed by atoms with van der Waals surface area (Å²) in [5, 5.41) is 0. The molecule has 2 saturated carbocycles. The second-order valence-electron chi connectivity index (χ2n) is 6.56. The third-order valence-electron chi connectivity index (χ3n) is 4.52. The summed E-state index contributed by atoms with van der Waals surface area (Å²) in [6.07, 6.45) is 8.13. The summed E-state index contributed by atoms with van der Waals surface area (Å²) in [6, 6.07) is 0. The van der Waals surface area contributed by atoms with Gasteiger partial charge in [0.05, 0.1) is 0 Å². The minimum absolute atomic E-state index is 0.602. The molecule has 2 unspecified atom stereocenters. The van der Waals surface area contributed by atoms with Gasteiger partial charge in [-0.15, -0.1) is 0 Å². The number of rotatable bonds is 0. The second-order valence-corrected chi connectivity index (χ2v) is 6.56. The van der Waals surface area contributed by atoms with Crippen LogP contribution in [0.1, 0.15) is 65.2 Å². The first-order valence-corrected chi connectivity index (χ1v) is 7.35. The summed E-state index contributed by atoms with van der Waals surface area (Å²) in [6.45, 7) is 4.45. The van der Waals surface area contributed by atoms with E-state index in [1.807, 2.05) is 0 Å². The zero-order chi connectivity index (χ0) is 12.6. The van der Waals surface area contributed by atoms with Crippen molar-refractivity contribution in [2.75, 3.05) is 0 Å². The van der Waals surface area contributed by atoms with E-state index in [9.17, 15) is 0 Å². The summed E-state index contributed by atoms with van der Waals surface area (Å²) < 4.78 is 0. The lowest BCUT2D eigenvalue weighted by Gasteiger charge is -2.47. The predicted octanol–water partition coefficient (Wildman–Crippen LogP) is 3.71. The molecule has 0 bridgehead atoms. The van der Waals surface area contributed by atoms with E-state index in [0.29, 0.717) is 11.8 Å². The minimum atomic E-state index is -0.649. The normalized spacial score (nSPS) is 49.7. The van der Waals surface area contributed by atoms with Gasteiger partial charge in [-0.1, -0.05) is 26.7 Å². The molecule has 0 N–H and O–H groups in total. The van der Waals surface area contributed by atoms with Crippen LogP contribution in [0.5, 0.6) is 0 Å². The Labute approximate surface area is 109 Å². The van der Waals surface area contributed by atoms with E-state index in [1.54, 1.807) is 0 Å². The van der Waals surface area contributed by atoms with E-state index in [0.717, 1.165) is 38.5 Å². The SMILES string of the molecule is CC1CCCC2(C1)OOC1(CCCC(C)C1)OO2. The maximum atomic E-state index is 5.67. The van der Waals surface area contributed by atoms with E-state index in [1.165, 1.54) is 12.8 Å². The van der Waals surface area contributed by atoms with Crippen molar-refractivity contribution in [3.8, 4) is 0 Å². The first-order chi connectivity index (χ1) is 8.62. The lowest BCUT2D eigenvalue weighted by atomic mass is 9.85. The number of hydrogen-bond acceptors (Lipinski definition) is 4. The highest BCUT2D eigenvalue weighted by atomic mass is 17.4. The van der Waals surface area contributed by atoms with Gasteiger partial charge in [0.25, 0.3) is 0 Å². The van der Waals surface area contributed by atoms with E-state index < -0.39 is 11.6 Å². The quantitative estimate of drug-likeness (QED) is 0.619. The van der Waals surface area contributed by atoms with Crippen molar-refractivity contribution in [1.82, 2.24) is 0 Å². The van der Waals surface area contributed by atoms with E-state index >= 15 is 0 Å². The monoisotopic (exact) mass is 256 g/mol. The Bertz CT molecular complexity index is 266. The Morgan fingerprint density at radius 2 is 1.11 bits per heavy atom. The Balaban J connectivity index is 1.63. The fraction of sp³-hybridized carbons (Fsp3) is 1.00. The third kappa shape index (κ3) is 2.44. The Morgan fingerprint density at radius 3 is 1.44 bits per heavy atom. The molecule has 1 saturated heterocycles.